The van der Waals surface area contributed by atoms with E-state index in [4.69, 9.17) is 4.84 Å². The maximum absolute atomic E-state index is 11.4. The molecule has 0 aliphatic rings. The van der Waals surface area contributed by atoms with Crippen molar-refractivity contribution in [2.45, 2.75) is 27.7 Å². The van der Waals surface area contributed by atoms with Crippen molar-refractivity contribution in [2.75, 3.05) is 35.4 Å². The number of esters is 1. The number of nitrogens with zero attached hydrogens (tertiary/aromatic N) is 3. The fourth-order valence-electron chi connectivity index (χ4n) is 1.57. The van der Waals surface area contributed by atoms with Crippen molar-refractivity contribution in [1.29, 1.82) is 0 Å². The molecule has 0 aliphatic carbocycles. The molecule has 2 aromatic rings. The van der Waals surface area contributed by atoms with Crippen LogP contribution in [0.1, 0.15) is 46.0 Å². The van der Waals surface area contributed by atoms with E-state index in [2.05, 4.69) is 25.0 Å². The standard InChI is InChI=1S/C9H12N2O2.C8H9NO2.C3H7.C2H7NO.ClH.Mg/c1-7-4-5-8(6-10-7)9(12)11(2)13-3;1-6-3-4-7(5-9-6)8(10)11-2;1-3-2;1-3-4-2;;/h4-6H,1-3H3;3-5H,1-2H3;3H,1-2H3;3H,1-2H3;1H;/q;;-1;;;+2/p-1. The Kier molecular flexibility index (Phi) is 28.9. The Morgan fingerprint density at radius 1 is 0.939 bits per heavy atom. The van der Waals surface area contributed by atoms with Gasteiger partial charge in [0, 0.05) is 37.9 Å². The molecule has 33 heavy (non-hydrogen) atoms. The third-order valence-corrected chi connectivity index (χ3v) is 3.25. The summed E-state index contributed by atoms with van der Waals surface area (Å²) in [5.41, 5.74) is 5.21. The van der Waals surface area contributed by atoms with E-state index < -0.39 is 0 Å². The fraction of sp³-hybridized carbons (Fsp3) is 0.409. The van der Waals surface area contributed by atoms with Gasteiger partial charge in [0.1, 0.15) is 0 Å². The quantitative estimate of drug-likeness (QED) is 0.270. The number of ether oxygens (including phenoxy) is 1. The second-order valence-electron chi connectivity index (χ2n) is 5.84. The molecule has 2 heterocycles. The van der Waals surface area contributed by atoms with E-state index >= 15 is 0 Å². The van der Waals surface area contributed by atoms with Crippen molar-refractivity contribution in [2.24, 2.45) is 0 Å². The summed E-state index contributed by atoms with van der Waals surface area (Å²) in [6.45, 7) is 7.73. The topological polar surface area (TPSA) is 103 Å². The molecular formula is C22H35ClMgN4O5. The molecule has 0 spiro atoms. The zero-order valence-electron chi connectivity index (χ0n) is 21.0. The molecule has 9 nitrogen and oxygen atoms in total. The number of carbonyl (C=O) groups is 2. The molecule has 0 saturated heterocycles. The van der Waals surface area contributed by atoms with Crippen LogP contribution in [-0.4, -0.2) is 85.4 Å². The molecule has 0 fully saturated rings. The first-order valence-electron chi connectivity index (χ1n) is 9.41. The van der Waals surface area contributed by atoms with E-state index in [9.17, 15) is 9.59 Å². The number of nitrogens with one attached hydrogen (secondary N) is 1. The predicted octanol–water partition coefficient (Wildman–Crippen LogP) is -0.179. The van der Waals surface area contributed by atoms with Gasteiger partial charge in [-0.3, -0.25) is 19.6 Å². The van der Waals surface area contributed by atoms with Crippen molar-refractivity contribution in [1.82, 2.24) is 20.5 Å². The number of rotatable bonds is 4. The monoisotopic (exact) mass is 494 g/mol. The van der Waals surface area contributed by atoms with E-state index in [0.717, 1.165) is 16.5 Å². The average molecular weight is 495 g/mol. The van der Waals surface area contributed by atoms with Gasteiger partial charge in [0.25, 0.3) is 5.91 Å². The Balaban J connectivity index is -0.000000191. The second-order valence-corrected chi connectivity index (χ2v) is 5.84. The van der Waals surface area contributed by atoms with Crippen molar-refractivity contribution in [3.05, 3.63) is 65.6 Å². The van der Waals surface area contributed by atoms with Crippen LogP contribution in [0.4, 0.5) is 0 Å². The SMILES string of the molecule is CNOC.COC(=O)c1ccc(C)nc1.CON(C)C(=O)c1ccc(C)nc1.C[CH-]C.[Cl-].[Mg+2]. The molecule has 0 aromatic carbocycles. The molecule has 1 N–H and O–H groups in total. The fourth-order valence-corrected chi connectivity index (χ4v) is 1.57. The molecule has 0 bridgehead atoms. The number of aryl methyl sites for hydroxylation is 2. The van der Waals surface area contributed by atoms with Gasteiger partial charge >= 0.3 is 29.0 Å². The van der Waals surface area contributed by atoms with E-state index in [-0.39, 0.29) is 47.3 Å². The van der Waals surface area contributed by atoms with E-state index in [1.807, 2.05) is 34.1 Å². The summed E-state index contributed by atoms with van der Waals surface area (Å²) < 4.78 is 4.50. The molecule has 0 saturated carbocycles. The third kappa shape index (κ3) is 19.4. The van der Waals surface area contributed by atoms with Gasteiger partial charge in [0.15, 0.2) is 0 Å². The summed E-state index contributed by atoms with van der Waals surface area (Å²) in [6.07, 6.45) is 5.04. The second kappa shape index (κ2) is 24.8. The minimum Gasteiger partial charge on any atom is -1.00 e. The van der Waals surface area contributed by atoms with Crippen LogP contribution in [0.2, 0.25) is 0 Å². The maximum atomic E-state index is 11.4. The molecule has 182 valence electrons. The third-order valence-electron chi connectivity index (χ3n) is 3.25. The molecule has 2 aromatic heterocycles. The van der Waals surface area contributed by atoms with Crippen LogP contribution < -0.4 is 17.9 Å². The molecule has 2 rings (SSSR count). The van der Waals surface area contributed by atoms with Crippen LogP contribution in [0.15, 0.2) is 36.7 Å². The summed E-state index contributed by atoms with van der Waals surface area (Å²) in [4.78, 5) is 39.3. The summed E-state index contributed by atoms with van der Waals surface area (Å²) in [6, 6.07) is 6.97. The summed E-state index contributed by atoms with van der Waals surface area (Å²) in [7, 11) is 7.63. The smallest absolute Gasteiger partial charge is 1.00 e. The van der Waals surface area contributed by atoms with Crippen LogP contribution in [0.25, 0.3) is 0 Å². The van der Waals surface area contributed by atoms with Gasteiger partial charge in [-0.2, -0.15) is 13.8 Å². The molecular weight excluding hydrogens is 460 g/mol. The van der Waals surface area contributed by atoms with Gasteiger partial charge in [0.2, 0.25) is 0 Å². The van der Waals surface area contributed by atoms with Crippen LogP contribution in [-0.2, 0) is 14.4 Å². The Bertz CT molecular complexity index is 733. The first-order valence-corrected chi connectivity index (χ1v) is 9.41. The molecule has 0 radical (unpaired) electrons. The van der Waals surface area contributed by atoms with Crippen LogP contribution in [0, 0.1) is 20.3 Å². The minimum atomic E-state index is -0.350. The Hall–Kier alpha value is -1.82. The minimum absolute atomic E-state index is 0. The van der Waals surface area contributed by atoms with Gasteiger partial charge < -0.3 is 28.4 Å². The van der Waals surface area contributed by atoms with Gasteiger partial charge in [-0.25, -0.2) is 15.3 Å². The normalized spacial score (nSPS) is 8.39. The number of hydrogen-bond acceptors (Lipinski definition) is 8. The summed E-state index contributed by atoms with van der Waals surface area (Å²) >= 11 is 0. The Morgan fingerprint density at radius 2 is 1.33 bits per heavy atom. The number of pyridine rings is 2. The predicted molar refractivity (Wildman–Crippen MR) is 126 cm³/mol. The average Bonchev–Trinajstić information content (AvgIpc) is 2.79. The molecule has 11 heteroatoms. The molecule has 0 aliphatic heterocycles. The number of hydroxylamine groups is 3. The van der Waals surface area contributed by atoms with E-state index in [1.165, 1.54) is 26.6 Å². The number of methoxy groups -OCH3 is 1. The van der Waals surface area contributed by atoms with Crippen molar-refractivity contribution < 1.29 is 36.4 Å². The maximum Gasteiger partial charge on any atom is 2.00 e. The van der Waals surface area contributed by atoms with Crippen molar-refractivity contribution in [3.63, 3.8) is 0 Å². The van der Waals surface area contributed by atoms with Crippen LogP contribution in [0.3, 0.4) is 0 Å². The number of hydrogen-bond donors (Lipinski definition) is 1. The van der Waals surface area contributed by atoms with Crippen LogP contribution in [0.5, 0.6) is 0 Å². The van der Waals surface area contributed by atoms with Crippen LogP contribution >= 0.6 is 0 Å². The number of halogens is 1. The molecule has 1 amide bonds. The first-order chi connectivity index (χ1) is 14.7. The zero-order valence-corrected chi connectivity index (χ0v) is 23.2. The largest absolute Gasteiger partial charge is 2.00 e. The number of carbonyl (C=O) groups excluding carboxylic acids is 2. The van der Waals surface area contributed by atoms with E-state index in [1.54, 1.807) is 45.5 Å². The Morgan fingerprint density at radius 3 is 1.61 bits per heavy atom. The van der Waals surface area contributed by atoms with Gasteiger partial charge in [-0.15, -0.1) is 0 Å². The van der Waals surface area contributed by atoms with Gasteiger partial charge in [-0.05, 0) is 38.1 Å². The first kappa shape index (κ1) is 38.4. The number of amides is 1. The summed E-state index contributed by atoms with van der Waals surface area (Å²) in [5, 5.41) is 1.16. The van der Waals surface area contributed by atoms with Gasteiger partial charge in [-0.1, -0.05) is 0 Å². The van der Waals surface area contributed by atoms with Crippen molar-refractivity contribution in [3.8, 4) is 0 Å². The van der Waals surface area contributed by atoms with E-state index in [0.29, 0.717) is 11.1 Å². The Labute approximate surface area is 220 Å². The van der Waals surface area contributed by atoms with Gasteiger partial charge in [0.05, 0.1) is 32.5 Å². The molecule has 0 unspecified atom stereocenters. The molecule has 0 atom stereocenters. The number of aromatic nitrogens is 2. The summed E-state index contributed by atoms with van der Waals surface area (Å²) in [5.74, 6) is -0.549. The zero-order chi connectivity index (χ0) is 24.2. The van der Waals surface area contributed by atoms with Crippen molar-refractivity contribution >= 4 is 34.9 Å².